The molecule has 2 rings (SSSR count). The number of carboxylic acids is 1. The predicted molar refractivity (Wildman–Crippen MR) is 98.8 cm³/mol. The highest BCUT2D eigenvalue weighted by atomic mass is 32.2. The summed E-state index contributed by atoms with van der Waals surface area (Å²) in [5.74, 6) is -1.38. The Kier molecular flexibility index (Phi) is 7.03. The number of hydrogen-bond donors (Lipinski definition) is 3. The number of benzene rings is 1. The Hall–Kier alpha value is -2.78. The van der Waals surface area contributed by atoms with E-state index in [1.165, 1.54) is 25.4 Å². The molecule has 0 radical (unpaired) electrons. The van der Waals surface area contributed by atoms with Crippen LogP contribution in [0.4, 0.5) is 0 Å². The minimum absolute atomic E-state index is 0.0740. The third kappa shape index (κ3) is 6.15. The van der Waals surface area contributed by atoms with Crippen LogP contribution in [0.25, 0.3) is 0 Å². The average Bonchev–Trinajstić information content (AvgIpc) is 2.67. The van der Waals surface area contributed by atoms with E-state index in [0.29, 0.717) is 6.42 Å². The topological polar surface area (TPSA) is 125 Å². The first-order valence-electron chi connectivity index (χ1n) is 8.28. The number of nitrogens with zero attached hydrogens (tertiary/aromatic N) is 1. The molecule has 144 valence electrons. The molecule has 1 unspecified atom stereocenters. The number of carboxylic acid groups (broad SMARTS) is 1. The number of rotatable bonds is 9. The van der Waals surface area contributed by atoms with E-state index < -0.39 is 21.9 Å². The van der Waals surface area contributed by atoms with E-state index >= 15 is 0 Å². The van der Waals surface area contributed by atoms with Gasteiger partial charge in [-0.1, -0.05) is 30.3 Å². The quantitative estimate of drug-likeness (QED) is 0.590. The van der Waals surface area contributed by atoms with Crippen LogP contribution in [-0.4, -0.2) is 43.5 Å². The van der Waals surface area contributed by atoms with Gasteiger partial charge in [0.05, 0.1) is 5.56 Å². The highest BCUT2D eigenvalue weighted by molar-refractivity contribution is 7.89. The molecule has 0 aliphatic heterocycles. The largest absolute Gasteiger partial charge is 0.481 e. The van der Waals surface area contributed by atoms with Crippen molar-refractivity contribution in [2.75, 3.05) is 7.05 Å². The van der Waals surface area contributed by atoms with Crippen LogP contribution in [0.5, 0.6) is 0 Å². The van der Waals surface area contributed by atoms with Gasteiger partial charge in [-0.15, -0.1) is 0 Å². The maximum atomic E-state index is 12.5. The van der Waals surface area contributed by atoms with Gasteiger partial charge in [-0.05, 0) is 37.6 Å². The summed E-state index contributed by atoms with van der Waals surface area (Å²) in [5, 5.41) is 11.5. The van der Waals surface area contributed by atoms with Crippen molar-refractivity contribution in [1.29, 1.82) is 0 Å². The van der Waals surface area contributed by atoms with Gasteiger partial charge >= 0.3 is 5.97 Å². The Morgan fingerprint density at radius 2 is 1.85 bits per heavy atom. The predicted octanol–water partition coefficient (Wildman–Crippen LogP) is 1.20. The molecule has 0 saturated carbocycles. The second kappa shape index (κ2) is 9.24. The monoisotopic (exact) mass is 391 g/mol. The highest BCUT2D eigenvalue weighted by Crippen LogP contribution is 2.10. The van der Waals surface area contributed by atoms with Crippen molar-refractivity contribution in [3.05, 3.63) is 59.8 Å². The number of nitrogens with one attached hydrogen (secondary N) is 2. The summed E-state index contributed by atoms with van der Waals surface area (Å²) in [6.07, 6.45) is 1.86. The third-order valence-corrected chi connectivity index (χ3v) is 5.24. The number of aromatic nitrogens is 1. The summed E-state index contributed by atoms with van der Waals surface area (Å²) in [4.78, 5) is 27.1. The van der Waals surface area contributed by atoms with Crippen molar-refractivity contribution >= 4 is 21.9 Å². The lowest BCUT2D eigenvalue weighted by Crippen LogP contribution is -2.37. The molecule has 0 fully saturated rings. The molecule has 1 aromatic carbocycles. The Balaban J connectivity index is 2.10. The number of carbonyl (C=O) groups is 2. The molecule has 3 N–H and O–H groups in total. The fourth-order valence-corrected chi connectivity index (χ4v) is 3.12. The van der Waals surface area contributed by atoms with Crippen LogP contribution < -0.4 is 10.0 Å². The van der Waals surface area contributed by atoms with Crippen LogP contribution in [0.2, 0.25) is 0 Å². The van der Waals surface area contributed by atoms with E-state index in [4.69, 9.17) is 5.11 Å². The number of amides is 1. The summed E-state index contributed by atoms with van der Waals surface area (Å²) in [5.41, 5.74) is 1.17. The van der Waals surface area contributed by atoms with Gasteiger partial charge in [-0.25, -0.2) is 18.1 Å². The van der Waals surface area contributed by atoms with Gasteiger partial charge in [0.15, 0.2) is 5.03 Å². The second-order valence-electron chi connectivity index (χ2n) is 5.89. The number of carbonyl (C=O) groups excluding carboxylic acids is 1. The first-order chi connectivity index (χ1) is 12.8. The van der Waals surface area contributed by atoms with Crippen molar-refractivity contribution in [3.8, 4) is 0 Å². The van der Waals surface area contributed by atoms with Gasteiger partial charge in [-0.3, -0.25) is 9.59 Å². The smallest absolute Gasteiger partial charge is 0.303 e. The molecule has 1 heterocycles. The molecule has 1 aromatic heterocycles. The van der Waals surface area contributed by atoms with E-state index in [2.05, 4.69) is 15.0 Å². The SMILES string of the molecule is CNS(=O)(=O)c1ccc(C(=O)NC(CCC(=O)O)Cc2ccccc2)cn1. The average molecular weight is 391 g/mol. The molecule has 9 heteroatoms. The molecule has 27 heavy (non-hydrogen) atoms. The molecular formula is C18H21N3O5S. The summed E-state index contributed by atoms with van der Waals surface area (Å²) in [6, 6.07) is 11.6. The molecule has 0 aliphatic carbocycles. The fraction of sp³-hybridized carbons (Fsp3) is 0.278. The molecule has 1 atom stereocenters. The van der Waals surface area contributed by atoms with E-state index in [9.17, 15) is 18.0 Å². The summed E-state index contributed by atoms with van der Waals surface area (Å²) in [7, 11) is -2.41. The number of pyridine rings is 1. The van der Waals surface area contributed by atoms with Gasteiger partial charge in [0.2, 0.25) is 0 Å². The summed E-state index contributed by atoms with van der Waals surface area (Å²) >= 11 is 0. The first kappa shape index (κ1) is 20.5. The van der Waals surface area contributed by atoms with Gasteiger partial charge in [-0.2, -0.15) is 0 Å². The van der Waals surface area contributed by atoms with Crippen molar-refractivity contribution in [2.45, 2.75) is 30.3 Å². The maximum absolute atomic E-state index is 12.5. The van der Waals surface area contributed by atoms with Crippen LogP contribution >= 0.6 is 0 Å². The minimum Gasteiger partial charge on any atom is -0.481 e. The lowest BCUT2D eigenvalue weighted by atomic mass is 10.0. The van der Waals surface area contributed by atoms with Gasteiger partial charge < -0.3 is 10.4 Å². The van der Waals surface area contributed by atoms with Gasteiger partial charge in [0.25, 0.3) is 15.9 Å². The minimum atomic E-state index is -3.68. The molecule has 1 amide bonds. The van der Waals surface area contributed by atoms with Crippen LogP contribution in [0.1, 0.15) is 28.8 Å². The maximum Gasteiger partial charge on any atom is 0.303 e. The third-order valence-electron chi connectivity index (χ3n) is 3.91. The van der Waals surface area contributed by atoms with Gasteiger partial charge in [0.1, 0.15) is 0 Å². The zero-order chi connectivity index (χ0) is 19.9. The van der Waals surface area contributed by atoms with Crippen molar-refractivity contribution in [2.24, 2.45) is 0 Å². The molecule has 0 saturated heterocycles. The Morgan fingerprint density at radius 1 is 1.15 bits per heavy atom. The highest BCUT2D eigenvalue weighted by Gasteiger charge is 2.18. The number of aliphatic carboxylic acids is 1. The van der Waals surface area contributed by atoms with Crippen molar-refractivity contribution in [3.63, 3.8) is 0 Å². The molecule has 0 aliphatic rings. The lowest BCUT2D eigenvalue weighted by molar-refractivity contribution is -0.137. The Bertz CT molecular complexity index is 883. The van der Waals surface area contributed by atoms with E-state index in [0.717, 1.165) is 5.56 Å². The Morgan fingerprint density at radius 3 is 2.41 bits per heavy atom. The van der Waals surface area contributed by atoms with Crippen LogP contribution in [0, 0.1) is 0 Å². The van der Waals surface area contributed by atoms with E-state index in [-0.39, 0.29) is 29.5 Å². The molecule has 0 spiro atoms. The van der Waals surface area contributed by atoms with Crippen LogP contribution in [-0.2, 0) is 21.2 Å². The molecule has 2 aromatic rings. The van der Waals surface area contributed by atoms with E-state index in [1.54, 1.807) is 0 Å². The Labute approximate surface area is 157 Å². The first-order valence-corrected chi connectivity index (χ1v) is 9.76. The summed E-state index contributed by atoms with van der Waals surface area (Å²) in [6.45, 7) is 0. The second-order valence-corrected chi connectivity index (χ2v) is 7.72. The normalized spacial score (nSPS) is 12.3. The number of sulfonamides is 1. The van der Waals surface area contributed by atoms with Crippen molar-refractivity contribution < 1.29 is 23.1 Å². The number of hydrogen-bond acceptors (Lipinski definition) is 5. The van der Waals surface area contributed by atoms with Crippen LogP contribution in [0.15, 0.2) is 53.7 Å². The summed E-state index contributed by atoms with van der Waals surface area (Å²) < 4.78 is 25.5. The standard InChI is InChI=1S/C18H21N3O5S/c1-19-27(25,26)16-9-7-14(12-20-16)18(24)21-15(8-10-17(22)23)11-13-5-3-2-4-6-13/h2-7,9,12,15,19H,8,10-11H2,1H3,(H,21,24)(H,22,23). The fourth-order valence-electron chi connectivity index (χ4n) is 2.47. The van der Waals surface area contributed by atoms with Crippen LogP contribution in [0.3, 0.4) is 0 Å². The van der Waals surface area contributed by atoms with E-state index in [1.807, 2.05) is 30.3 Å². The zero-order valence-electron chi connectivity index (χ0n) is 14.8. The molecule has 0 bridgehead atoms. The lowest BCUT2D eigenvalue weighted by Gasteiger charge is -2.18. The molecular weight excluding hydrogens is 370 g/mol. The zero-order valence-corrected chi connectivity index (χ0v) is 15.6. The van der Waals surface area contributed by atoms with Gasteiger partial charge in [0, 0.05) is 18.7 Å². The van der Waals surface area contributed by atoms with Crippen molar-refractivity contribution in [1.82, 2.24) is 15.0 Å². The molecule has 8 nitrogen and oxygen atoms in total.